The molecule has 1 aromatic rings. The van der Waals surface area contributed by atoms with Gasteiger partial charge in [0.2, 0.25) is 5.91 Å². The third-order valence-corrected chi connectivity index (χ3v) is 6.64. The van der Waals surface area contributed by atoms with Crippen molar-refractivity contribution in [3.05, 3.63) is 33.8 Å². The molecule has 1 aliphatic rings. The Kier molecular flexibility index (Phi) is 5.61. The fourth-order valence-electron chi connectivity index (χ4n) is 2.97. The van der Waals surface area contributed by atoms with Crippen molar-refractivity contribution in [3.63, 3.8) is 0 Å². The maximum atomic E-state index is 12.9. The molecule has 0 unspecified atom stereocenters. The number of benzene rings is 1. The molecule has 23 heavy (non-hydrogen) atoms. The van der Waals surface area contributed by atoms with Crippen LogP contribution >= 0.6 is 23.2 Å². The van der Waals surface area contributed by atoms with Crippen molar-refractivity contribution in [2.45, 2.75) is 24.1 Å². The van der Waals surface area contributed by atoms with Gasteiger partial charge in [0.05, 0.1) is 0 Å². The van der Waals surface area contributed by atoms with E-state index in [0.717, 1.165) is 11.8 Å². The van der Waals surface area contributed by atoms with Gasteiger partial charge in [-0.25, -0.2) is 8.42 Å². The number of halogens is 2. The molecule has 1 heterocycles. The smallest absolute Gasteiger partial charge is 0.244 e. The highest BCUT2D eigenvalue weighted by atomic mass is 35.5. The number of hydrogen-bond donors (Lipinski definition) is 1. The fraction of sp³-hybridized carbons (Fsp3) is 0.533. The number of hydrogen-bond acceptors (Lipinski definition) is 4. The van der Waals surface area contributed by atoms with Gasteiger partial charge in [0.1, 0.15) is 0 Å². The van der Waals surface area contributed by atoms with Crippen LogP contribution in [0, 0.1) is 0 Å². The predicted molar refractivity (Wildman–Crippen MR) is 92.6 cm³/mol. The van der Waals surface area contributed by atoms with Crippen molar-refractivity contribution in [2.24, 2.45) is 0 Å². The number of carbonyl (C=O) groups is 1. The topological polar surface area (TPSA) is 66.5 Å². The number of carbonyl (C=O) groups excluding carboxylic acids is 1. The number of rotatable bonds is 4. The standard InChI is InChI=1S/C15H20Cl2N2O3S/c1-19(10-11-7-12(16)9-13(17)8-11)14(20)15(23(2,21)22)3-5-18-6-4-15/h7-9,18H,3-6,10H2,1-2H3. The number of piperidine rings is 1. The Morgan fingerprint density at radius 1 is 1.22 bits per heavy atom. The maximum Gasteiger partial charge on any atom is 0.244 e. The summed E-state index contributed by atoms with van der Waals surface area (Å²) in [6.07, 6.45) is 1.71. The van der Waals surface area contributed by atoms with Gasteiger partial charge in [0.25, 0.3) is 0 Å². The Bertz CT molecular complexity index is 680. The zero-order chi connectivity index (χ0) is 17.3. The van der Waals surface area contributed by atoms with Crippen LogP contribution in [-0.2, 0) is 21.2 Å². The van der Waals surface area contributed by atoms with Crippen LogP contribution in [0.4, 0.5) is 0 Å². The number of nitrogens with one attached hydrogen (secondary N) is 1. The molecule has 0 aromatic heterocycles. The SMILES string of the molecule is CN(Cc1cc(Cl)cc(Cl)c1)C(=O)C1(S(C)(=O)=O)CCNCC1. The number of amides is 1. The Morgan fingerprint density at radius 2 is 1.74 bits per heavy atom. The average Bonchev–Trinajstić information content (AvgIpc) is 2.44. The highest BCUT2D eigenvalue weighted by molar-refractivity contribution is 7.92. The summed E-state index contributed by atoms with van der Waals surface area (Å²) in [6, 6.07) is 5.04. The van der Waals surface area contributed by atoms with E-state index in [-0.39, 0.29) is 25.3 Å². The minimum Gasteiger partial charge on any atom is -0.340 e. The first-order chi connectivity index (χ1) is 10.7. The monoisotopic (exact) mass is 378 g/mol. The minimum atomic E-state index is -3.52. The van der Waals surface area contributed by atoms with E-state index in [1.165, 1.54) is 4.90 Å². The zero-order valence-corrected chi connectivity index (χ0v) is 15.4. The van der Waals surface area contributed by atoms with E-state index < -0.39 is 14.6 Å². The molecule has 0 spiro atoms. The summed E-state index contributed by atoms with van der Waals surface area (Å²) in [7, 11) is -1.92. The summed E-state index contributed by atoms with van der Waals surface area (Å²) < 4.78 is 23.2. The highest BCUT2D eigenvalue weighted by Crippen LogP contribution is 2.30. The van der Waals surface area contributed by atoms with Crippen molar-refractivity contribution < 1.29 is 13.2 Å². The summed E-state index contributed by atoms with van der Waals surface area (Å²) in [5, 5.41) is 4.06. The molecule has 0 saturated carbocycles. The third kappa shape index (κ3) is 3.99. The Hall–Kier alpha value is -0.820. The molecular weight excluding hydrogens is 359 g/mol. The van der Waals surface area contributed by atoms with Crippen LogP contribution in [0.1, 0.15) is 18.4 Å². The quantitative estimate of drug-likeness (QED) is 0.871. The summed E-state index contributed by atoms with van der Waals surface area (Å²) >= 11 is 11.9. The first-order valence-electron chi connectivity index (χ1n) is 7.26. The lowest BCUT2D eigenvalue weighted by molar-refractivity contribution is -0.134. The van der Waals surface area contributed by atoms with Gasteiger partial charge in [0.15, 0.2) is 14.6 Å². The molecule has 8 heteroatoms. The van der Waals surface area contributed by atoms with Gasteiger partial charge >= 0.3 is 0 Å². The molecule has 5 nitrogen and oxygen atoms in total. The van der Waals surface area contributed by atoms with Gasteiger partial charge in [-0.05, 0) is 49.7 Å². The molecular formula is C15H20Cl2N2O3S. The second kappa shape index (κ2) is 6.97. The Morgan fingerprint density at radius 3 is 2.22 bits per heavy atom. The van der Waals surface area contributed by atoms with Crippen molar-refractivity contribution in [1.82, 2.24) is 10.2 Å². The molecule has 1 N–H and O–H groups in total. The molecule has 128 valence electrons. The molecule has 0 radical (unpaired) electrons. The second-order valence-electron chi connectivity index (χ2n) is 5.96. The second-order valence-corrected chi connectivity index (χ2v) is 9.15. The molecule has 0 bridgehead atoms. The van der Waals surface area contributed by atoms with Crippen molar-refractivity contribution in [2.75, 3.05) is 26.4 Å². The van der Waals surface area contributed by atoms with Crippen LogP contribution in [-0.4, -0.2) is 50.4 Å². The van der Waals surface area contributed by atoms with E-state index in [1.807, 2.05) is 0 Å². The van der Waals surface area contributed by atoms with E-state index in [4.69, 9.17) is 23.2 Å². The van der Waals surface area contributed by atoms with E-state index in [9.17, 15) is 13.2 Å². The van der Waals surface area contributed by atoms with Crippen LogP contribution < -0.4 is 5.32 Å². The lowest BCUT2D eigenvalue weighted by Crippen LogP contribution is -2.57. The van der Waals surface area contributed by atoms with Crippen molar-refractivity contribution >= 4 is 38.9 Å². The van der Waals surface area contributed by atoms with Crippen LogP contribution in [0.5, 0.6) is 0 Å². The number of nitrogens with zero attached hydrogens (tertiary/aromatic N) is 1. The highest BCUT2D eigenvalue weighted by Gasteiger charge is 2.49. The molecule has 0 aliphatic carbocycles. The van der Waals surface area contributed by atoms with Gasteiger partial charge in [-0.15, -0.1) is 0 Å². The van der Waals surface area contributed by atoms with Crippen molar-refractivity contribution in [3.8, 4) is 0 Å². The average molecular weight is 379 g/mol. The normalized spacial score (nSPS) is 17.7. The van der Waals surface area contributed by atoms with Crippen molar-refractivity contribution in [1.29, 1.82) is 0 Å². The van der Waals surface area contributed by atoms with Crippen LogP contribution in [0.15, 0.2) is 18.2 Å². The fourth-order valence-corrected chi connectivity index (χ4v) is 4.96. The van der Waals surface area contributed by atoms with E-state index in [0.29, 0.717) is 23.1 Å². The molecule has 1 amide bonds. The van der Waals surface area contributed by atoms with Crippen LogP contribution in [0.3, 0.4) is 0 Å². The van der Waals surface area contributed by atoms with E-state index in [2.05, 4.69) is 5.32 Å². The van der Waals surface area contributed by atoms with Gasteiger partial charge in [-0.1, -0.05) is 23.2 Å². The minimum absolute atomic E-state index is 0.254. The summed E-state index contributed by atoms with van der Waals surface area (Å²) in [5.41, 5.74) is 0.760. The van der Waals surface area contributed by atoms with Gasteiger partial charge < -0.3 is 10.2 Å². The third-order valence-electron chi connectivity index (χ3n) is 4.20. The lowest BCUT2D eigenvalue weighted by atomic mass is 9.95. The number of sulfone groups is 1. The van der Waals surface area contributed by atoms with Crippen LogP contribution in [0.2, 0.25) is 10.0 Å². The van der Waals surface area contributed by atoms with Gasteiger partial charge in [0, 0.05) is 29.9 Å². The Labute approximate surface area is 146 Å². The van der Waals surface area contributed by atoms with E-state index in [1.54, 1.807) is 25.2 Å². The Balaban J connectivity index is 2.26. The molecule has 0 atom stereocenters. The summed E-state index contributed by atoms with van der Waals surface area (Å²) in [4.78, 5) is 14.3. The maximum absolute atomic E-state index is 12.9. The summed E-state index contributed by atoms with van der Waals surface area (Å²) in [5.74, 6) is -0.377. The van der Waals surface area contributed by atoms with E-state index >= 15 is 0 Å². The largest absolute Gasteiger partial charge is 0.340 e. The van der Waals surface area contributed by atoms with Gasteiger partial charge in [-0.2, -0.15) is 0 Å². The first-order valence-corrected chi connectivity index (χ1v) is 9.91. The molecule has 1 aliphatic heterocycles. The molecule has 1 saturated heterocycles. The molecule has 1 aromatic carbocycles. The molecule has 2 rings (SSSR count). The zero-order valence-electron chi connectivity index (χ0n) is 13.1. The predicted octanol–water partition coefficient (Wildman–Crippen LogP) is 2.12. The molecule has 1 fully saturated rings. The van der Waals surface area contributed by atoms with Gasteiger partial charge in [-0.3, -0.25) is 4.79 Å². The summed E-state index contributed by atoms with van der Waals surface area (Å²) in [6.45, 7) is 1.27. The first kappa shape index (κ1) is 18.5. The lowest BCUT2D eigenvalue weighted by Gasteiger charge is -2.37. The van der Waals surface area contributed by atoms with Crippen LogP contribution in [0.25, 0.3) is 0 Å².